The molecule has 5 rings (SSSR count). The Morgan fingerprint density at radius 3 is 2.27 bits per heavy atom. The van der Waals surface area contributed by atoms with Crippen LogP contribution in [0.5, 0.6) is 0 Å². The van der Waals surface area contributed by atoms with E-state index in [4.69, 9.17) is 0 Å². The molecule has 0 radical (unpaired) electrons. The van der Waals surface area contributed by atoms with Crippen LogP contribution in [0.1, 0.15) is 54.5 Å². The molecule has 2 aliphatic rings. The molecule has 168 valence electrons. The maximum atomic E-state index is 13.7. The van der Waals surface area contributed by atoms with Crippen molar-refractivity contribution in [2.45, 2.75) is 58.0 Å². The quantitative estimate of drug-likeness (QED) is 0.465. The lowest BCUT2D eigenvalue weighted by Crippen LogP contribution is -2.43. The number of urea groups is 1. The monoisotopic (exact) mass is 438 g/mol. The lowest BCUT2D eigenvalue weighted by molar-refractivity contribution is -0.123. The Hall–Kier alpha value is -3.40. The maximum Gasteiger partial charge on any atom is 0.332 e. The second kappa shape index (κ2) is 8.51. The summed E-state index contributed by atoms with van der Waals surface area (Å²) in [5.41, 5.74) is 5.77. The average Bonchev–Trinajstić information content (AvgIpc) is 3.00. The zero-order valence-electron chi connectivity index (χ0n) is 19.4. The van der Waals surface area contributed by atoms with Crippen molar-refractivity contribution >= 4 is 17.6 Å². The standard InChI is InChI=1S/C29H30N2O2/c1-29(2)27(32)31(26-18-10-16-22-13-8-9-17-25(22)26)28(33)30(29)20-24-15-7-6-14-23(24)19-21-11-4-3-5-12-21/h3-7,10-12,14-16,18H,8-9,13,17,19-20H2,1-2H3. The van der Waals surface area contributed by atoms with Crippen LogP contribution >= 0.6 is 0 Å². The van der Waals surface area contributed by atoms with Crippen LogP contribution in [0.3, 0.4) is 0 Å². The third-order valence-electron chi connectivity index (χ3n) is 7.12. The number of nitrogens with zero attached hydrogens (tertiary/aromatic N) is 2. The zero-order valence-corrected chi connectivity index (χ0v) is 19.4. The molecule has 0 atom stereocenters. The molecule has 3 aromatic carbocycles. The van der Waals surface area contributed by atoms with E-state index >= 15 is 0 Å². The van der Waals surface area contributed by atoms with E-state index < -0.39 is 5.54 Å². The predicted molar refractivity (Wildman–Crippen MR) is 131 cm³/mol. The minimum atomic E-state index is -0.908. The molecule has 0 unspecified atom stereocenters. The molecule has 1 aliphatic carbocycles. The normalized spacial score (nSPS) is 17.4. The van der Waals surface area contributed by atoms with E-state index in [9.17, 15) is 9.59 Å². The Bertz CT molecular complexity index is 1200. The number of imide groups is 1. The van der Waals surface area contributed by atoms with Crippen molar-refractivity contribution in [1.82, 2.24) is 4.90 Å². The van der Waals surface area contributed by atoms with Gasteiger partial charge in [-0.25, -0.2) is 9.69 Å². The predicted octanol–water partition coefficient (Wildman–Crippen LogP) is 5.90. The molecule has 1 saturated heterocycles. The second-order valence-corrected chi connectivity index (χ2v) is 9.62. The van der Waals surface area contributed by atoms with Crippen LogP contribution in [0.25, 0.3) is 0 Å². The van der Waals surface area contributed by atoms with Crippen molar-refractivity contribution < 1.29 is 9.59 Å². The van der Waals surface area contributed by atoms with E-state index in [1.807, 2.05) is 56.3 Å². The van der Waals surface area contributed by atoms with Gasteiger partial charge in [0.05, 0.1) is 5.69 Å². The number of rotatable bonds is 5. The number of anilines is 1. The van der Waals surface area contributed by atoms with Crippen molar-refractivity contribution in [2.75, 3.05) is 4.90 Å². The highest BCUT2D eigenvalue weighted by Crippen LogP contribution is 2.38. The summed E-state index contributed by atoms with van der Waals surface area (Å²) in [6, 6.07) is 24.4. The lowest BCUT2D eigenvalue weighted by atomic mass is 9.90. The van der Waals surface area contributed by atoms with Gasteiger partial charge >= 0.3 is 6.03 Å². The molecular formula is C29H30N2O2. The van der Waals surface area contributed by atoms with Gasteiger partial charge in [-0.15, -0.1) is 0 Å². The van der Waals surface area contributed by atoms with Crippen LogP contribution < -0.4 is 4.90 Å². The smallest absolute Gasteiger partial charge is 0.305 e. The SMILES string of the molecule is CC1(C)C(=O)N(c2cccc3c2CCCC3)C(=O)N1Cc1ccccc1Cc1ccccc1. The largest absolute Gasteiger partial charge is 0.332 e. The Kier molecular flexibility index (Phi) is 5.53. The van der Waals surface area contributed by atoms with Crippen LogP contribution in [0, 0.1) is 0 Å². The third kappa shape index (κ3) is 3.84. The van der Waals surface area contributed by atoms with Crippen molar-refractivity contribution in [2.24, 2.45) is 0 Å². The number of amides is 3. The van der Waals surface area contributed by atoms with E-state index in [-0.39, 0.29) is 11.9 Å². The summed E-state index contributed by atoms with van der Waals surface area (Å²) in [7, 11) is 0. The molecule has 1 fully saturated rings. The Morgan fingerprint density at radius 1 is 0.788 bits per heavy atom. The number of fused-ring (bicyclic) bond motifs is 1. The van der Waals surface area contributed by atoms with Crippen LogP contribution in [-0.2, 0) is 30.6 Å². The maximum absolute atomic E-state index is 13.7. The Balaban J connectivity index is 1.47. The molecule has 4 nitrogen and oxygen atoms in total. The van der Waals surface area contributed by atoms with Gasteiger partial charge in [-0.05, 0) is 79.8 Å². The van der Waals surface area contributed by atoms with Gasteiger partial charge in [0.2, 0.25) is 0 Å². The molecule has 1 aliphatic heterocycles. The van der Waals surface area contributed by atoms with Gasteiger partial charge in [0.1, 0.15) is 5.54 Å². The molecule has 0 spiro atoms. The number of hydrogen-bond acceptors (Lipinski definition) is 2. The third-order valence-corrected chi connectivity index (χ3v) is 7.12. The van der Waals surface area contributed by atoms with E-state index in [2.05, 4.69) is 30.3 Å². The van der Waals surface area contributed by atoms with Crippen LogP contribution in [0.4, 0.5) is 10.5 Å². The number of carbonyl (C=O) groups excluding carboxylic acids is 2. The summed E-state index contributed by atoms with van der Waals surface area (Å²) in [5.74, 6) is -0.146. The molecule has 3 amide bonds. The van der Waals surface area contributed by atoms with E-state index in [0.717, 1.165) is 48.9 Å². The molecule has 0 bridgehead atoms. The zero-order chi connectivity index (χ0) is 23.0. The van der Waals surface area contributed by atoms with Crippen LogP contribution in [-0.4, -0.2) is 22.4 Å². The summed E-state index contributed by atoms with van der Waals surface area (Å²) >= 11 is 0. The first-order chi connectivity index (χ1) is 16.0. The van der Waals surface area contributed by atoms with Crippen molar-refractivity contribution in [3.63, 3.8) is 0 Å². The number of hydrogen-bond donors (Lipinski definition) is 0. The van der Waals surface area contributed by atoms with Crippen molar-refractivity contribution in [3.8, 4) is 0 Å². The first-order valence-electron chi connectivity index (χ1n) is 11.8. The fourth-order valence-electron chi connectivity index (χ4n) is 5.15. The molecule has 33 heavy (non-hydrogen) atoms. The summed E-state index contributed by atoms with van der Waals surface area (Å²) in [5, 5.41) is 0. The number of benzene rings is 3. The average molecular weight is 439 g/mol. The highest BCUT2D eigenvalue weighted by molar-refractivity contribution is 6.23. The van der Waals surface area contributed by atoms with Gasteiger partial charge in [-0.2, -0.15) is 0 Å². The lowest BCUT2D eigenvalue weighted by Gasteiger charge is -2.28. The van der Waals surface area contributed by atoms with E-state index in [1.54, 1.807) is 4.90 Å². The summed E-state index contributed by atoms with van der Waals surface area (Å²) < 4.78 is 0. The van der Waals surface area contributed by atoms with E-state index in [0.29, 0.717) is 6.54 Å². The molecule has 4 heteroatoms. The topological polar surface area (TPSA) is 40.6 Å². The Morgan fingerprint density at radius 2 is 1.48 bits per heavy atom. The minimum Gasteiger partial charge on any atom is -0.305 e. The van der Waals surface area contributed by atoms with Gasteiger partial charge in [-0.3, -0.25) is 4.79 Å². The second-order valence-electron chi connectivity index (χ2n) is 9.62. The Labute approximate surface area is 195 Å². The summed E-state index contributed by atoms with van der Waals surface area (Å²) in [6.45, 7) is 4.14. The van der Waals surface area contributed by atoms with Crippen LogP contribution in [0.15, 0.2) is 72.8 Å². The first-order valence-corrected chi connectivity index (χ1v) is 11.8. The first kappa shape index (κ1) is 21.4. The number of carbonyl (C=O) groups is 2. The molecule has 0 N–H and O–H groups in total. The fourth-order valence-corrected chi connectivity index (χ4v) is 5.15. The summed E-state index contributed by atoms with van der Waals surface area (Å²) in [6.07, 6.45) is 4.99. The number of aryl methyl sites for hydroxylation is 1. The van der Waals surface area contributed by atoms with Crippen molar-refractivity contribution in [3.05, 3.63) is 101 Å². The molecule has 0 aromatic heterocycles. The minimum absolute atomic E-state index is 0.146. The van der Waals surface area contributed by atoms with Gasteiger partial charge in [0, 0.05) is 6.54 Å². The highest BCUT2D eigenvalue weighted by Gasteiger charge is 2.52. The van der Waals surface area contributed by atoms with Crippen LogP contribution in [0.2, 0.25) is 0 Å². The van der Waals surface area contributed by atoms with Gasteiger partial charge in [0.15, 0.2) is 0 Å². The van der Waals surface area contributed by atoms with Gasteiger partial charge in [-0.1, -0.05) is 66.7 Å². The summed E-state index contributed by atoms with van der Waals surface area (Å²) in [4.78, 5) is 30.5. The fraction of sp³-hybridized carbons (Fsp3) is 0.310. The molecular weight excluding hydrogens is 408 g/mol. The molecule has 3 aromatic rings. The molecule has 0 saturated carbocycles. The molecule has 1 heterocycles. The van der Waals surface area contributed by atoms with E-state index in [1.165, 1.54) is 21.6 Å². The highest BCUT2D eigenvalue weighted by atomic mass is 16.2. The van der Waals surface area contributed by atoms with Gasteiger partial charge < -0.3 is 4.90 Å². The van der Waals surface area contributed by atoms with Gasteiger partial charge in [0.25, 0.3) is 5.91 Å². The van der Waals surface area contributed by atoms with Crippen molar-refractivity contribution in [1.29, 1.82) is 0 Å².